The summed E-state index contributed by atoms with van der Waals surface area (Å²) >= 11 is 0. The SMILES string of the molecule is CC(C)NC(=O)CCCc1nc2cccnc2n1Cc1ccccc1. The number of hydrogen-bond donors (Lipinski definition) is 1. The highest BCUT2D eigenvalue weighted by atomic mass is 16.1. The average molecular weight is 336 g/mol. The fraction of sp³-hybridized carbons (Fsp3) is 0.350. The number of amides is 1. The topological polar surface area (TPSA) is 59.8 Å². The van der Waals surface area contributed by atoms with E-state index < -0.39 is 0 Å². The molecule has 2 heterocycles. The zero-order chi connectivity index (χ0) is 17.6. The number of imidazole rings is 1. The third kappa shape index (κ3) is 4.44. The predicted octanol–water partition coefficient (Wildman–Crippen LogP) is 3.33. The van der Waals surface area contributed by atoms with Gasteiger partial charge in [-0.25, -0.2) is 9.97 Å². The van der Waals surface area contributed by atoms with E-state index in [0.29, 0.717) is 6.42 Å². The lowest BCUT2D eigenvalue weighted by Gasteiger charge is -2.10. The van der Waals surface area contributed by atoms with Crippen molar-refractivity contribution in [1.82, 2.24) is 19.9 Å². The van der Waals surface area contributed by atoms with Crippen molar-refractivity contribution in [2.24, 2.45) is 0 Å². The summed E-state index contributed by atoms with van der Waals surface area (Å²) in [6.07, 6.45) is 3.84. The normalized spacial score (nSPS) is 11.2. The van der Waals surface area contributed by atoms with E-state index in [9.17, 15) is 4.79 Å². The quantitative estimate of drug-likeness (QED) is 0.720. The van der Waals surface area contributed by atoms with Gasteiger partial charge in [-0.15, -0.1) is 0 Å². The summed E-state index contributed by atoms with van der Waals surface area (Å²) in [6.45, 7) is 4.69. The van der Waals surface area contributed by atoms with Gasteiger partial charge in [-0.05, 0) is 38.0 Å². The largest absolute Gasteiger partial charge is 0.354 e. The molecule has 0 bridgehead atoms. The minimum Gasteiger partial charge on any atom is -0.354 e. The molecule has 0 aliphatic heterocycles. The number of fused-ring (bicyclic) bond motifs is 1. The molecule has 1 N–H and O–H groups in total. The van der Waals surface area contributed by atoms with Crippen LogP contribution in [-0.4, -0.2) is 26.5 Å². The first-order valence-corrected chi connectivity index (χ1v) is 8.77. The van der Waals surface area contributed by atoms with E-state index in [0.717, 1.165) is 36.4 Å². The summed E-state index contributed by atoms with van der Waals surface area (Å²) in [5.41, 5.74) is 3.01. The summed E-state index contributed by atoms with van der Waals surface area (Å²) in [6, 6.07) is 14.4. The number of aryl methyl sites for hydroxylation is 1. The molecule has 0 unspecified atom stereocenters. The number of benzene rings is 1. The lowest BCUT2D eigenvalue weighted by molar-refractivity contribution is -0.121. The number of hydrogen-bond acceptors (Lipinski definition) is 3. The standard InChI is InChI=1S/C20H24N4O/c1-15(2)22-19(25)12-6-11-18-23-17-10-7-13-21-20(17)24(18)14-16-8-4-3-5-9-16/h3-5,7-10,13,15H,6,11-12,14H2,1-2H3,(H,22,25). The van der Waals surface area contributed by atoms with Gasteiger partial charge in [0.15, 0.2) is 5.65 Å². The first-order valence-electron chi connectivity index (χ1n) is 8.77. The zero-order valence-corrected chi connectivity index (χ0v) is 14.8. The second kappa shape index (κ2) is 7.92. The molecule has 1 amide bonds. The molecular formula is C20H24N4O. The predicted molar refractivity (Wildman–Crippen MR) is 99.3 cm³/mol. The number of pyridine rings is 1. The van der Waals surface area contributed by atoms with E-state index in [1.165, 1.54) is 5.56 Å². The molecule has 25 heavy (non-hydrogen) atoms. The van der Waals surface area contributed by atoms with E-state index in [-0.39, 0.29) is 11.9 Å². The molecule has 0 aliphatic rings. The summed E-state index contributed by atoms with van der Waals surface area (Å²) in [4.78, 5) is 21.1. The minimum atomic E-state index is 0.0962. The fourth-order valence-corrected chi connectivity index (χ4v) is 2.93. The molecule has 5 nitrogen and oxygen atoms in total. The highest BCUT2D eigenvalue weighted by Gasteiger charge is 2.12. The molecule has 0 fully saturated rings. The maximum absolute atomic E-state index is 11.8. The third-order valence-corrected chi connectivity index (χ3v) is 4.02. The molecule has 0 saturated carbocycles. The third-order valence-electron chi connectivity index (χ3n) is 4.02. The second-order valence-corrected chi connectivity index (χ2v) is 6.52. The summed E-state index contributed by atoms with van der Waals surface area (Å²) in [5, 5.41) is 2.93. The van der Waals surface area contributed by atoms with Gasteiger partial charge in [0.2, 0.25) is 5.91 Å². The lowest BCUT2D eigenvalue weighted by Crippen LogP contribution is -2.29. The first kappa shape index (κ1) is 17.1. The number of carbonyl (C=O) groups is 1. The van der Waals surface area contributed by atoms with Crippen LogP contribution < -0.4 is 5.32 Å². The van der Waals surface area contributed by atoms with E-state index in [1.54, 1.807) is 6.20 Å². The maximum Gasteiger partial charge on any atom is 0.220 e. The van der Waals surface area contributed by atoms with Crippen molar-refractivity contribution in [3.8, 4) is 0 Å². The Bertz CT molecular complexity index is 839. The smallest absolute Gasteiger partial charge is 0.220 e. The van der Waals surface area contributed by atoms with Crippen molar-refractivity contribution in [3.63, 3.8) is 0 Å². The van der Waals surface area contributed by atoms with E-state index in [4.69, 9.17) is 4.98 Å². The number of nitrogens with one attached hydrogen (secondary N) is 1. The van der Waals surface area contributed by atoms with Crippen LogP contribution in [0.2, 0.25) is 0 Å². The molecule has 0 radical (unpaired) electrons. The van der Waals surface area contributed by atoms with E-state index in [2.05, 4.69) is 27.0 Å². The number of aromatic nitrogens is 3. The van der Waals surface area contributed by atoms with E-state index in [1.807, 2.05) is 44.2 Å². The Balaban J connectivity index is 1.77. The summed E-state index contributed by atoms with van der Waals surface area (Å²) in [5.74, 6) is 1.08. The van der Waals surface area contributed by atoms with Crippen LogP contribution >= 0.6 is 0 Å². The summed E-state index contributed by atoms with van der Waals surface area (Å²) in [7, 11) is 0. The molecule has 0 aliphatic carbocycles. The van der Waals surface area contributed by atoms with Crippen LogP contribution in [-0.2, 0) is 17.8 Å². The van der Waals surface area contributed by atoms with Gasteiger partial charge in [-0.1, -0.05) is 30.3 Å². The second-order valence-electron chi connectivity index (χ2n) is 6.52. The molecule has 5 heteroatoms. The van der Waals surface area contributed by atoms with Crippen LogP contribution in [0.15, 0.2) is 48.7 Å². The first-order chi connectivity index (χ1) is 12.1. The molecule has 0 saturated heterocycles. The van der Waals surface area contributed by atoms with Crippen LogP contribution in [0.25, 0.3) is 11.2 Å². The Morgan fingerprint density at radius 3 is 2.72 bits per heavy atom. The van der Waals surface area contributed by atoms with Crippen LogP contribution in [0.3, 0.4) is 0 Å². The number of rotatable bonds is 7. The van der Waals surface area contributed by atoms with Crippen LogP contribution in [0.4, 0.5) is 0 Å². The van der Waals surface area contributed by atoms with Crippen molar-refractivity contribution < 1.29 is 4.79 Å². The lowest BCUT2D eigenvalue weighted by atomic mass is 10.2. The Hall–Kier alpha value is -2.69. The van der Waals surface area contributed by atoms with Crippen LogP contribution in [0.1, 0.15) is 38.1 Å². The van der Waals surface area contributed by atoms with Crippen molar-refractivity contribution in [2.75, 3.05) is 0 Å². The Morgan fingerprint density at radius 1 is 1.16 bits per heavy atom. The van der Waals surface area contributed by atoms with Crippen molar-refractivity contribution >= 4 is 17.1 Å². The Labute approximate surface area is 148 Å². The molecule has 1 aromatic carbocycles. The molecule has 3 rings (SSSR count). The maximum atomic E-state index is 11.8. The molecule has 3 aromatic rings. The fourth-order valence-electron chi connectivity index (χ4n) is 2.93. The summed E-state index contributed by atoms with van der Waals surface area (Å²) < 4.78 is 2.16. The van der Waals surface area contributed by atoms with Crippen molar-refractivity contribution in [2.45, 2.75) is 45.7 Å². The molecule has 0 atom stereocenters. The molecule has 130 valence electrons. The van der Waals surface area contributed by atoms with Gasteiger partial charge in [0, 0.05) is 25.1 Å². The van der Waals surface area contributed by atoms with Crippen molar-refractivity contribution in [1.29, 1.82) is 0 Å². The molecule has 2 aromatic heterocycles. The van der Waals surface area contributed by atoms with Gasteiger partial charge in [0.05, 0.1) is 6.54 Å². The van der Waals surface area contributed by atoms with Gasteiger partial charge >= 0.3 is 0 Å². The molecular weight excluding hydrogens is 312 g/mol. The number of nitrogens with zero attached hydrogens (tertiary/aromatic N) is 3. The van der Waals surface area contributed by atoms with Gasteiger partial charge in [-0.2, -0.15) is 0 Å². The highest BCUT2D eigenvalue weighted by molar-refractivity contribution is 5.76. The van der Waals surface area contributed by atoms with Gasteiger partial charge in [-0.3, -0.25) is 4.79 Å². The van der Waals surface area contributed by atoms with Crippen molar-refractivity contribution in [3.05, 3.63) is 60.0 Å². The van der Waals surface area contributed by atoms with E-state index >= 15 is 0 Å². The molecule has 0 spiro atoms. The minimum absolute atomic E-state index is 0.0962. The van der Waals surface area contributed by atoms with Crippen LogP contribution in [0.5, 0.6) is 0 Å². The Morgan fingerprint density at radius 2 is 1.96 bits per heavy atom. The monoisotopic (exact) mass is 336 g/mol. The highest BCUT2D eigenvalue weighted by Crippen LogP contribution is 2.17. The zero-order valence-electron chi connectivity index (χ0n) is 14.8. The van der Waals surface area contributed by atoms with Crippen LogP contribution in [0, 0.1) is 0 Å². The Kier molecular flexibility index (Phi) is 5.43. The van der Waals surface area contributed by atoms with Gasteiger partial charge in [0.1, 0.15) is 11.3 Å². The van der Waals surface area contributed by atoms with Gasteiger partial charge < -0.3 is 9.88 Å². The number of carbonyl (C=O) groups excluding carboxylic acids is 1. The average Bonchev–Trinajstić information content (AvgIpc) is 2.93. The van der Waals surface area contributed by atoms with Gasteiger partial charge in [0.25, 0.3) is 0 Å².